The lowest BCUT2D eigenvalue weighted by molar-refractivity contribution is -0.125. The van der Waals surface area contributed by atoms with Gasteiger partial charge >= 0.3 is 0 Å². The Balaban J connectivity index is 2.30. The highest BCUT2D eigenvalue weighted by atomic mass is 16.3. The molecule has 0 saturated heterocycles. The molecule has 0 spiro atoms. The standard InChI is InChI=1S/C9H17NO2/c1-10-9(12)8-4-2-7(6-11)3-5-8/h7-8,11H,2-6H2,1H3,(H,10,12)/t7-,8-. The molecule has 0 bridgehead atoms. The third-order valence-corrected chi connectivity index (χ3v) is 2.72. The first kappa shape index (κ1) is 9.52. The van der Waals surface area contributed by atoms with E-state index in [4.69, 9.17) is 5.11 Å². The number of hydrogen-bond donors (Lipinski definition) is 2. The van der Waals surface area contributed by atoms with Gasteiger partial charge in [0, 0.05) is 19.6 Å². The van der Waals surface area contributed by atoms with Crippen LogP contribution in [0.15, 0.2) is 0 Å². The van der Waals surface area contributed by atoms with E-state index in [1.54, 1.807) is 7.05 Å². The Morgan fingerprint density at radius 2 is 2.00 bits per heavy atom. The van der Waals surface area contributed by atoms with Crippen molar-refractivity contribution >= 4 is 5.91 Å². The Bertz CT molecular complexity index is 151. The van der Waals surface area contributed by atoms with Gasteiger partial charge in [-0.25, -0.2) is 0 Å². The first-order valence-electron chi connectivity index (χ1n) is 4.60. The van der Waals surface area contributed by atoms with Gasteiger partial charge in [0.25, 0.3) is 0 Å². The largest absolute Gasteiger partial charge is 0.396 e. The Kier molecular flexibility index (Phi) is 3.53. The number of carbonyl (C=O) groups is 1. The number of rotatable bonds is 2. The van der Waals surface area contributed by atoms with Crippen LogP contribution in [0.5, 0.6) is 0 Å². The van der Waals surface area contributed by atoms with Crippen molar-refractivity contribution in [2.75, 3.05) is 13.7 Å². The summed E-state index contributed by atoms with van der Waals surface area (Å²) >= 11 is 0. The third kappa shape index (κ3) is 2.21. The highest BCUT2D eigenvalue weighted by Crippen LogP contribution is 2.28. The van der Waals surface area contributed by atoms with Crippen molar-refractivity contribution in [3.8, 4) is 0 Å². The van der Waals surface area contributed by atoms with E-state index < -0.39 is 0 Å². The van der Waals surface area contributed by atoms with Gasteiger partial charge in [-0.1, -0.05) is 0 Å². The summed E-state index contributed by atoms with van der Waals surface area (Å²) in [6.07, 6.45) is 3.86. The first-order valence-corrected chi connectivity index (χ1v) is 4.60. The molecule has 0 heterocycles. The molecule has 1 saturated carbocycles. The summed E-state index contributed by atoms with van der Waals surface area (Å²) in [6, 6.07) is 0. The lowest BCUT2D eigenvalue weighted by Gasteiger charge is -2.25. The molecule has 0 aliphatic heterocycles. The molecule has 0 atom stereocenters. The van der Waals surface area contributed by atoms with Crippen molar-refractivity contribution in [1.82, 2.24) is 5.32 Å². The van der Waals surface area contributed by atoms with Gasteiger partial charge in [0.15, 0.2) is 0 Å². The Hall–Kier alpha value is -0.570. The monoisotopic (exact) mass is 171 g/mol. The summed E-state index contributed by atoms with van der Waals surface area (Å²) in [4.78, 5) is 11.2. The van der Waals surface area contributed by atoms with Crippen LogP contribution >= 0.6 is 0 Å². The maximum atomic E-state index is 11.2. The minimum absolute atomic E-state index is 0.159. The third-order valence-electron chi connectivity index (χ3n) is 2.72. The zero-order valence-corrected chi connectivity index (χ0v) is 7.55. The number of carbonyl (C=O) groups excluding carboxylic acids is 1. The molecule has 70 valence electrons. The highest BCUT2D eigenvalue weighted by Gasteiger charge is 2.24. The first-order chi connectivity index (χ1) is 5.77. The molecule has 1 aliphatic rings. The molecule has 0 aromatic carbocycles. The second-order valence-electron chi connectivity index (χ2n) is 3.51. The van der Waals surface area contributed by atoms with Crippen LogP contribution in [0, 0.1) is 11.8 Å². The van der Waals surface area contributed by atoms with Gasteiger partial charge in [-0.05, 0) is 31.6 Å². The molecule has 12 heavy (non-hydrogen) atoms. The summed E-state index contributed by atoms with van der Waals surface area (Å²) in [5.74, 6) is 0.787. The minimum atomic E-state index is 0.159. The van der Waals surface area contributed by atoms with Crippen LogP contribution in [0.1, 0.15) is 25.7 Å². The van der Waals surface area contributed by atoms with E-state index in [-0.39, 0.29) is 18.4 Å². The molecule has 2 N–H and O–H groups in total. The molecule has 1 fully saturated rings. The quantitative estimate of drug-likeness (QED) is 0.636. The fourth-order valence-electron chi connectivity index (χ4n) is 1.81. The average Bonchev–Trinajstić information content (AvgIpc) is 2.17. The molecule has 1 amide bonds. The molecule has 1 aliphatic carbocycles. The van der Waals surface area contributed by atoms with Gasteiger partial charge in [-0.2, -0.15) is 0 Å². The van der Waals surface area contributed by atoms with Crippen molar-refractivity contribution in [1.29, 1.82) is 0 Å². The average molecular weight is 171 g/mol. The van der Waals surface area contributed by atoms with E-state index >= 15 is 0 Å². The minimum Gasteiger partial charge on any atom is -0.396 e. The van der Waals surface area contributed by atoms with E-state index in [2.05, 4.69) is 5.32 Å². The van der Waals surface area contributed by atoms with E-state index in [0.29, 0.717) is 5.92 Å². The fourth-order valence-corrected chi connectivity index (χ4v) is 1.81. The predicted molar refractivity (Wildman–Crippen MR) is 46.6 cm³/mol. The van der Waals surface area contributed by atoms with Gasteiger partial charge in [0.2, 0.25) is 5.91 Å². The molecule has 0 aromatic heterocycles. The fraction of sp³-hybridized carbons (Fsp3) is 0.889. The lowest BCUT2D eigenvalue weighted by atomic mass is 9.82. The van der Waals surface area contributed by atoms with E-state index in [0.717, 1.165) is 25.7 Å². The van der Waals surface area contributed by atoms with E-state index in [1.165, 1.54) is 0 Å². The van der Waals surface area contributed by atoms with Gasteiger partial charge in [-0.15, -0.1) is 0 Å². The van der Waals surface area contributed by atoms with Crippen LogP contribution < -0.4 is 5.32 Å². The van der Waals surface area contributed by atoms with Gasteiger partial charge in [0.1, 0.15) is 0 Å². The summed E-state index contributed by atoms with van der Waals surface area (Å²) in [5.41, 5.74) is 0. The van der Waals surface area contributed by atoms with Gasteiger partial charge in [-0.3, -0.25) is 4.79 Å². The number of amides is 1. The normalized spacial score (nSPS) is 29.8. The SMILES string of the molecule is CNC(=O)[C@H]1CC[C@H](CO)CC1. The van der Waals surface area contributed by atoms with Crippen LogP contribution in [0.4, 0.5) is 0 Å². The summed E-state index contributed by atoms with van der Waals surface area (Å²) in [7, 11) is 1.68. The van der Waals surface area contributed by atoms with Crippen LogP contribution in [0.25, 0.3) is 0 Å². The van der Waals surface area contributed by atoms with Crippen molar-refractivity contribution in [3.05, 3.63) is 0 Å². The van der Waals surface area contributed by atoms with E-state index in [9.17, 15) is 4.79 Å². The maximum absolute atomic E-state index is 11.2. The van der Waals surface area contributed by atoms with Crippen LogP contribution in [-0.2, 0) is 4.79 Å². The summed E-state index contributed by atoms with van der Waals surface area (Å²) < 4.78 is 0. The zero-order valence-electron chi connectivity index (χ0n) is 7.55. The number of aliphatic hydroxyl groups is 1. The number of hydrogen-bond acceptors (Lipinski definition) is 2. The Labute approximate surface area is 73.2 Å². The molecular formula is C9H17NO2. The van der Waals surface area contributed by atoms with Crippen LogP contribution in [0.3, 0.4) is 0 Å². The van der Waals surface area contributed by atoms with Crippen molar-refractivity contribution in [3.63, 3.8) is 0 Å². The Morgan fingerprint density at radius 3 is 2.42 bits per heavy atom. The van der Waals surface area contributed by atoms with Crippen LogP contribution in [-0.4, -0.2) is 24.7 Å². The zero-order chi connectivity index (χ0) is 8.97. The molecule has 3 heteroatoms. The molecular weight excluding hydrogens is 154 g/mol. The topological polar surface area (TPSA) is 49.3 Å². The summed E-state index contributed by atoms with van der Waals surface area (Å²) in [6.45, 7) is 0.278. The summed E-state index contributed by atoms with van der Waals surface area (Å²) in [5, 5.41) is 11.5. The van der Waals surface area contributed by atoms with Crippen molar-refractivity contribution < 1.29 is 9.90 Å². The van der Waals surface area contributed by atoms with Gasteiger partial charge in [0.05, 0.1) is 0 Å². The predicted octanol–water partition coefficient (Wildman–Crippen LogP) is 0.531. The highest BCUT2D eigenvalue weighted by molar-refractivity contribution is 5.78. The van der Waals surface area contributed by atoms with Gasteiger partial charge < -0.3 is 10.4 Å². The Morgan fingerprint density at radius 1 is 1.42 bits per heavy atom. The maximum Gasteiger partial charge on any atom is 0.222 e. The molecule has 0 unspecified atom stereocenters. The lowest BCUT2D eigenvalue weighted by Crippen LogP contribution is -2.31. The number of aliphatic hydroxyl groups excluding tert-OH is 1. The molecule has 0 radical (unpaired) electrons. The molecule has 3 nitrogen and oxygen atoms in total. The van der Waals surface area contributed by atoms with E-state index in [1.807, 2.05) is 0 Å². The molecule has 1 rings (SSSR count). The smallest absolute Gasteiger partial charge is 0.222 e. The van der Waals surface area contributed by atoms with Crippen molar-refractivity contribution in [2.24, 2.45) is 11.8 Å². The molecule has 0 aromatic rings. The van der Waals surface area contributed by atoms with Crippen molar-refractivity contribution in [2.45, 2.75) is 25.7 Å². The second-order valence-corrected chi connectivity index (χ2v) is 3.51. The second kappa shape index (κ2) is 4.45. The van der Waals surface area contributed by atoms with Crippen LogP contribution in [0.2, 0.25) is 0 Å². The number of nitrogens with one attached hydrogen (secondary N) is 1.